The van der Waals surface area contributed by atoms with E-state index in [0.717, 1.165) is 12.1 Å². The standard InChI is InChI=1S/C13H20N2O2/c1-3-14-8-10(2)13(17)15-9-11-6-4-5-7-12(11)16/h4-7,10,14,16H,3,8-9H2,1-2H3,(H,15,17). The third-order valence-corrected chi connectivity index (χ3v) is 2.59. The van der Waals surface area contributed by atoms with Gasteiger partial charge in [-0.05, 0) is 12.6 Å². The van der Waals surface area contributed by atoms with E-state index in [1.807, 2.05) is 19.9 Å². The van der Waals surface area contributed by atoms with Crippen LogP contribution in [0.5, 0.6) is 5.75 Å². The van der Waals surface area contributed by atoms with Crippen molar-refractivity contribution >= 4 is 5.91 Å². The molecule has 1 aromatic rings. The van der Waals surface area contributed by atoms with Crippen molar-refractivity contribution in [3.05, 3.63) is 29.8 Å². The Bertz CT molecular complexity index is 366. The minimum atomic E-state index is -0.0687. The van der Waals surface area contributed by atoms with Gasteiger partial charge in [0.05, 0.1) is 0 Å². The highest BCUT2D eigenvalue weighted by atomic mass is 16.3. The lowest BCUT2D eigenvalue weighted by atomic mass is 10.1. The summed E-state index contributed by atoms with van der Waals surface area (Å²) in [6, 6.07) is 7.01. The number of amides is 1. The van der Waals surface area contributed by atoms with Crippen LogP contribution < -0.4 is 10.6 Å². The van der Waals surface area contributed by atoms with Gasteiger partial charge in [0.25, 0.3) is 0 Å². The Labute approximate surface area is 102 Å². The maximum Gasteiger partial charge on any atom is 0.224 e. The van der Waals surface area contributed by atoms with E-state index >= 15 is 0 Å². The van der Waals surface area contributed by atoms with Crippen molar-refractivity contribution in [3.63, 3.8) is 0 Å². The van der Waals surface area contributed by atoms with Gasteiger partial charge in [0.15, 0.2) is 0 Å². The molecule has 0 heterocycles. The average molecular weight is 236 g/mol. The zero-order valence-electron chi connectivity index (χ0n) is 10.4. The van der Waals surface area contributed by atoms with Crippen LogP contribution in [0.2, 0.25) is 0 Å². The predicted molar refractivity (Wildman–Crippen MR) is 67.7 cm³/mol. The number of para-hydroxylation sites is 1. The first-order valence-corrected chi connectivity index (χ1v) is 5.90. The number of carbonyl (C=O) groups excluding carboxylic acids is 1. The number of hydrogen-bond donors (Lipinski definition) is 3. The van der Waals surface area contributed by atoms with Crippen molar-refractivity contribution in [1.82, 2.24) is 10.6 Å². The van der Waals surface area contributed by atoms with Crippen molar-refractivity contribution in [2.45, 2.75) is 20.4 Å². The summed E-state index contributed by atoms with van der Waals surface area (Å²) in [5, 5.41) is 15.5. The Morgan fingerprint density at radius 1 is 1.41 bits per heavy atom. The zero-order valence-corrected chi connectivity index (χ0v) is 10.4. The summed E-state index contributed by atoms with van der Waals surface area (Å²) >= 11 is 0. The molecule has 1 amide bonds. The fourth-order valence-corrected chi connectivity index (χ4v) is 1.47. The summed E-state index contributed by atoms with van der Waals surface area (Å²) in [5.41, 5.74) is 0.733. The van der Waals surface area contributed by atoms with Crippen molar-refractivity contribution < 1.29 is 9.90 Å². The highest BCUT2D eigenvalue weighted by Gasteiger charge is 2.11. The Morgan fingerprint density at radius 2 is 2.12 bits per heavy atom. The molecular weight excluding hydrogens is 216 g/mol. The lowest BCUT2D eigenvalue weighted by molar-refractivity contribution is -0.124. The molecule has 0 aromatic heterocycles. The van der Waals surface area contributed by atoms with Crippen LogP contribution in [0.3, 0.4) is 0 Å². The first kappa shape index (κ1) is 13.5. The van der Waals surface area contributed by atoms with Gasteiger partial charge in [-0.15, -0.1) is 0 Å². The van der Waals surface area contributed by atoms with E-state index < -0.39 is 0 Å². The normalized spacial score (nSPS) is 12.1. The number of phenolic OH excluding ortho intramolecular Hbond substituents is 1. The van der Waals surface area contributed by atoms with Crippen LogP contribution in [0, 0.1) is 5.92 Å². The average Bonchev–Trinajstić information content (AvgIpc) is 2.34. The van der Waals surface area contributed by atoms with Crippen LogP contribution in [-0.2, 0) is 11.3 Å². The minimum Gasteiger partial charge on any atom is -0.508 e. The van der Waals surface area contributed by atoms with Crippen molar-refractivity contribution in [1.29, 1.82) is 0 Å². The van der Waals surface area contributed by atoms with Gasteiger partial charge in [0.2, 0.25) is 5.91 Å². The molecule has 0 bridgehead atoms. The second-order valence-corrected chi connectivity index (χ2v) is 4.06. The molecule has 94 valence electrons. The van der Waals surface area contributed by atoms with Crippen molar-refractivity contribution in [3.8, 4) is 5.75 Å². The predicted octanol–water partition coefficient (Wildman–Crippen LogP) is 1.25. The summed E-state index contributed by atoms with van der Waals surface area (Å²) in [4.78, 5) is 11.7. The fraction of sp³-hybridized carbons (Fsp3) is 0.462. The molecule has 1 rings (SSSR count). The van der Waals surface area contributed by atoms with Gasteiger partial charge < -0.3 is 15.7 Å². The summed E-state index contributed by atoms with van der Waals surface area (Å²) in [6.07, 6.45) is 0. The SMILES string of the molecule is CCNCC(C)C(=O)NCc1ccccc1O. The van der Waals surface area contributed by atoms with Gasteiger partial charge in [-0.25, -0.2) is 0 Å². The molecule has 0 saturated heterocycles. The van der Waals surface area contributed by atoms with Gasteiger partial charge >= 0.3 is 0 Å². The summed E-state index contributed by atoms with van der Waals surface area (Å²) in [5.74, 6) is 0.141. The molecule has 0 spiro atoms. The highest BCUT2D eigenvalue weighted by Crippen LogP contribution is 2.14. The fourth-order valence-electron chi connectivity index (χ4n) is 1.47. The number of benzene rings is 1. The molecule has 4 nitrogen and oxygen atoms in total. The third kappa shape index (κ3) is 4.44. The van der Waals surface area contributed by atoms with Gasteiger partial charge in [-0.3, -0.25) is 4.79 Å². The Kier molecular flexibility index (Phi) is 5.49. The van der Waals surface area contributed by atoms with Gasteiger partial charge in [-0.2, -0.15) is 0 Å². The summed E-state index contributed by atoms with van der Waals surface area (Å²) in [7, 11) is 0. The van der Waals surface area contributed by atoms with E-state index in [1.54, 1.807) is 18.2 Å². The molecule has 0 aliphatic heterocycles. The lowest BCUT2D eigenvalue weighted by Gasteiger charge is -2.12. The Morgan fingerprint density at radius 3 is 2.76 bits per heavy atom. The van der Waals surface area contributed by atoms with Crippen LogP contribution in [0.1, 0.15) is 19.4 Å². The van der Waals surface area contributed by atoms with E-state index in [0.29, 0.717) is 13.1 Å². The first-order chi connectivity index (χ1) is 8.15. The molecule has 3 N–H and O–H groups in total. The van der Waals surface area contributed by atoms with Crippen LogP contribution >= 0.6 is 0 Å². The highest BCUT2D eigenvalue weighted by molar-refractivity contribution is 5.78. The number of carbonyl (C=O) groups is 1. The Hall–Kier alpha value is -1.55. The molecule has 1 unspecified atom stereocenters. The third-order valence-electron chi connectivity index (χ3n) is 2.59. The molecule has 0 aliphatic carbocycles. The van der Waals surface area contributed by atoms with Crippen LogP contribution in [0.4, 0.5) is 0 Å². The van der Waals surface area contributed by atoms with Crippen molar-refractivity contribution in [2.75, 3.05) is 13.1 Å². The molecule has 0 fully saturated rings. The molecular formula is C13H20N2O2. The molecule has 17 heavy (non-hydrogen) atoms. The summed E-state index contributed by atoms with van der Waals surface area (Å²) < 4.78 is 0. The lowest BCUT2D eigenvalue weighted by Crippen LogP contribution is -2.34. The number of aromatic hydroxyl groups is 1. The van der Waals surface area contributed by atoms with E-state index in [9.17, 15) is 9.90 Å². The number of nitrogens with one attached hydrogen (secondary N) is 2. The van der Waals surface area contributed by atoms with E-state index in [2.05, 4.69) is 10.6 Å². The van der Waals surface area contributed by atoms with Gasteiger partial charge in [-0.1, -0.05) is 32.0 Å². The zero-order chi connectivity index (χ0) is 12.7. The molecule has 0 aliphatic rings. The largest absolute Gasteiger partial charge is 0.508 e. The van der Waals surface area contributed by atoms with Crippen molar-refractivity contribution in [2.24, 2.45) is 5.92 Å². The monoisotopic (exact) mass is 236 g/mol. The van der Waals surface area contributed by atoms with Crippen LogP contribution in [-0.4, -0.2) is 24.1 Å². The van der Waals surface area contributed by atoms with E-state index in [4.69, 9.17) is 0 Å². The molecule has 4 heteroatoms. The quantitative estimate of drug-likeness (QED) is 0.696. The second kappa shape index (κ2) is 6.91. The molecule has 0 radical (unpaired) electrons. The maximum absolute atomic E-state index is 11.7. The van der Waals surface area contributed by atoms with Gasteiger partial charge in [0.1, 0.15) is 5.75 Å². The minimum absolute atomic E-state index is 0.00537. The van der Waals surface area contributed by atoms with Crippen LogP contribution in [0.25, 0.3) is 0 Å². The van der Waals surface area contributed by atoms with E-state index in [-0.39, 0.29) is 17.6 Å². The van der Waals surface area contributed by atoms with Gasteiger partial charge in [0, 0.05) is 24.6 Å². The first-order valence-electron chi connectivity index (χ1n) is 5.90. The molecule has 1 atom stereocenters. The van der Waals surface area contributed by atoms with Crippen LogP contribution in [0.15, 0.2) is 24.3 Å². The second-order valence-electron chi connectivity index (χ2n) is 4.06. The number of hydrogen-bond acceptors (Lipinski definition) is 3. The number of phenols is 1. The molecule has 0 saturated carbocycles. The summed E-state index contributed by atoms with van der Waals surface area (Å²) in [6.45, 7) is 5.78. The molecule has 1 aromatic carbocycles. The maximum atomic E-state index is 11.7. The smallest absolute Gasteiger partial charge is 0.224 e. The number of rotatable bonds is 6. The topological polar surface area (TPSA) is 61.4 Å². The van der Waals surface area contributed by atoms with E-state index in [1.165, 1.54) is 0 Å². The Balaban J connectivity index is 2.40.